The maximum Gasteiger partial charge on any atom is 0.427 e. The number of ketones is 1. The SMILES string of the molecule is CC1CCC(Cn2c(C(=O)C3CCOCC3)nc3nc(C4NOC(=O)N4)nc(-c4cccc(Cl)c4)c32)CC1. The van der Waals surface area contributed by atoms with Gasteiger partial charge < -0.3 is 14.1 Å². The van der Waals surface area contributed by atoms with Crippen LogP contribution in [0.5, 0.6) is 0 Å². The van der Waals surface area contributed by atoms with Gasteiger partial charge in [0.1, 0.15) is 11.2 Å². The van der Waals surface area contributed by atoms with E-state index in [0.717, 1.165) is 24.3 Å². The number of ether oxygens (including phenoxy) is 1. The fourth-order valence-corrected chi connectivity index (χ4v) is 5.89. The zero-order valence-electron chi connectivity index (χ0n) is 21.3. The number of hydrogen-bond donors (Lipinski definition) is 2. The first-order valence-electron chi connectivity index (χ1n) is 13.3. The highest BCUT2D eigenvalue weighted by Crippen LogP contribution is 2.35. The van der Waals surface area contributed by atoms with Gasteiger partial charge in [0.25, 0.3) is 0 Å². The Bertz CT molecular complexity index is 1360. The highest BCUT2D eigenvalue weighted by atomic mass is 35.5. The molecular formula is C27H31ClN6O4. The molecule has 1 saturated carbocycles. The third-order valence-corrected chi connectivity index (χ3v) is 8.13. The van der Waals surface area contributed by atoms with Gasteiger partial charge in [-0.1, -0.05) is 43.5 Å². The topological polar surface area (TPSA) is 120 Å². The number of hydrogen-bond acceptors (Lipinski definition) is 8. The number of hydroxylamine groups is 1. The van der Waals surface area contributed by atoms with Gasteiger partial charge in [-0.3, -0.25) is 10.1 Å². The highest BCUT2D eigenvalue weighted by Gasteiger charge is 2.33. The van der Waals surface area contributed by atoms with Crippen molar-refractivity contribution < 1.29 is 19.2 Å². The lowest BCUT2D eigenvalue weighted by atomic mass is 9.83. The Balaban J connectivity index is 1.52. The van der Waals surface area contributed by atoms with E-state index < -0.39 is 12.3 Å². The molecule has 2 aromatic heterocycles. The molecule has 1 atom stereocenters. The second kappa shape index (κ2) is 10.6. The number of benzene rings is 1. The molecule has 200 valence electrons. The Morgan fingerprint density at radius 2 is 1.89 bits per heavy atom. The van der Waals surface area contributed by atoms with Crippen LogP contribution in [0.3, 0.4) is 0 Å². The number of halogens is 1. The predicted octanol–water partition coefficient (Wildman–Crippen LogP) is 4.83. The van der Waals surface area contributed by atoms with Gasteiger partial charge in [0.2, 0.25) is 5.78 Å². The maximum absolute atomic E-state index is 13.9. The summed E-state index contributed by atoms with van der Waals surface area (Å²) in [7, 11) is 0. The van der Waals surface area contributed by atoms with Crippen molar-refractivity contribution in [1.29, 1.82) is 0 Å². The Labute approximate surface area is 225 Å². The number of aromatic nitrogens is 4. The number of carbonyl (C=O) groups excluding carboxylic acids is 2. The fourth-order valence-electron chi connectivity index (χ4n) is 5.70. The van der Waals surface area contributed by atoms with Gasteiger partial charge in [0, 0.05) is 36.3 Å². The zero-order chi connectivity index (χ0) is 26.2. The van der Waals surface area contributed by atoms with Crippen LogP contribution in [0.4, 0.5) is 4.79 Å². The number of nitrogens with one attached hydrogen (secondary N) is 2. The third-order valence-electron chi connectivity index (χ3n) is 7.90. The monoisotopic (exact) mass is 538 g/mol. The minimum atomic E-state index is -0.746. The van der Waals surface area contributed by atoms with Gasteiger partial charge in [-0.2, -0.15) is 0 Å². The summed E-state index contributed by atoms with van der Waals surface area (Å²) in [6.45, 7) is 4.12. The molecule has 2 N–H and O–H groups in total. The first-order valence-corrected chi connectivity index (χ1v) is 13.7. The Morgan fingerprint density at radius 1 is 1.11 bits per heavy atom. The Kier molecular flexibility index (Phi) is 7.03. The van der Waals surface area contributed by atoms with Crippen LogP contribution in [0.25, 0.3) is 22.4 Å². The van der Waals surface area contributed by atoms with Crippen molar-refractivity contribution in [3.63, 3.8) is 0 Å². The molecule has 0 bridgehead atoms. The molecule has 3 aromatic rings. The lowest BCUT2D eigenvalue weighted by molar-refractivity contribution is 0.0534. The summed E-state index contributed by atoms with van der Waals surface area (Å²) in [5.74, 6) is 1.74. The van der Waals surface area contributed by atoms with Gasteiger partial charge in [-0.05, 0) is 49.7 Å². The molecule has 1 aromatic carbocycles. The number of nitrogens with zero attached hydrogens (tertiary/aromatic N) is 4. The first kappa shape index (κ1) is 25.2. The fraction of sp³-hybridized carbons (Fsp3) is 0.519. The van der Waals surface area contributed by atoms with E-state index in [1.165, 1.54) is 12.8 Å². The van der Waals surface area contributed by atoms with Crippen molar-refractivity contribution in [2.75, 3.05) is 13.2 Å². The molecule has 6 rings (SSSR count). The van der Waals surface area contributed by atoms with Crippen LogP contribution < -0.4 is 10.8 Å². The van der Waals surface area contributed by atoms with Crippen LogP contribution in [0.15, 0.2) is 24.3 Å². The molecular weight excluding hydrogens is 508 g/mol. The van der Waals surface area contributed by atoms with Gasteiger partial charge in [-0.25, -0.2) is 19.7 Å². The van der Waals surface area contributed by atoms with Crippen molar-refractivity contribution in [3.8, 4) is 11.3 Å². The summed E-state index contributed by atoms with van der Waals surface area (Å²) in [6, 6.07) is 7.43. The molecule has 4 heterocycles. The molecule has 3 aliphatic rings. The zero-order valence-corrected chi connectivity index (χ0v) is 22.0. The molecule has 1 amide bonds. The normalized spacial score (nSPS) is 24.4. The van der Waals surface area contributed by atoms with Crippen LogP contribution in [-0.2, 0) is 16.1 Å². The van der Waals surface area contributed by atoms with Gasteiger partial charge >= 0.3 is 6.09 Å². The van der Waals surface area contributed by atoms with Crippen LogP contribution >= 0.6 is 11.6 Å². The van der Waals surface area contributed by atoms with Gasteiger partial charge in [0.05, 0.1) is 0 Å². The average Bonchev–Trinajstić information content (AvgIpc) is 3.53. The quantitative estimate of drug-likeness (QED) is 0.428. The van der Waals surface area contributed by atoms with Gasteiger partial charge in [-0.15, -0.1) is 5.48 Å². The van der Waals surface area contributed by atoms with Crippen LogP contribution in [0.2, 0.25) is 5.02 Å². The molecule has 3 fully saturated rings. The van der Waals surface area contributed by atoms with Crippen LogP contribution in [0.1, 0.15) is 68.1 Å². The van der Waals surface area contributed by atoms with Crippen molar-refractivity contribution in [2.45, 2.75) is 58.2 Å². The molecule has 11 heteroatoms. The highest BCUT2D eigenvalue weighted by molar-refractivity contribution is 6.30. The van der Waals surface area contributed by atoms with E-state index in [4.69, 9.17) is 36.1 Å². The standard InChI is InChI=1S/C27H31ClN6O4/c1-15-5-7-16(8-6-15)14-34-21-20(18-3-2-4-19(28)13-18)29-24(25-32-27(36)38-33-25)30-23(21)31-26(34)22(35)17-9-11-37-12-10-17/h2-4,13,15-17,25,33H,5-12,14H2,1H3,(H,32,36). The van der Waals surface area contributed by atoms with Crippen molar-refractivity contribution in [3.05, 3.63) is 40.9 Å². The molecule has 0 spiro atoms. The van der Waals surface area contributed by atoms with E-state index in [1.807, 2.05) is 22.8 Å². The molecule has 2 aliphatic heterocycles. The molecule has 1 unspecified atom stereocenters. The van der Waals surface area contributed by atoms with E-state index in [9.17, 15) is 9.59 Å². The van der Waals surface area contributed by atoms with Gasteiger partial charge in [0.15, 0.2) is 23.5 Å². The van der Waals surface area contributed by atoms with Crippen molar-refractivity contribution in [1.82, 2.24) is 30.3 Å². The minimum absolute atomic E-state index is 0.0182. The molecule has 1 aliphatic carbocycles. The largest absolute Gasteiger partial charge is 0.427 e. The second-order valence-corrected chi connectivity index (χ2v) is 11.1. The number of fused-ring (bicyclic) bond motifs is 1. The molecule has 2 saturated heterocycles. The molecule has 10 nitrogen and oxygen atoms in total. The number of amides is 1. The van der Waals surface area contributed by atoms with Crippen LogP contribution in [-0.4, -0.2) is 44.6 Å². The molecule has 0 radical (unpaired) electrons. The lowest BCUT2D eigenvalue weighted by Crippen LogP contribution is -2.27. The first-order chi connectivity index (χ1) is 18.5. The summed E-state index contributed by atoms with van der Waals surface area (Å²) in [5.41, 5.74) is 5.12. The van der Waals surface area contributed by atoms with E-state index in [0.29, 0.717) is 72.0 Å². The Morgan fingerprint density at radius 3 is 2.61 bits per heavy atom. The summed E-state index contributed by atoms with van der Waals surface area (Å²) in [4.78, 5) is 44.8. The molecule has 38 heavy (non-hydrogen) atoms. The third kappa shape index (κ3) is 5.00. The van der Waals surface area contributed by atoms with Crippen molar-refractivity contribution >= 4 is 34.6 Å². The van der Waals surface area contributed by atoms with Crippen LogP contribution in [0, 0.1) is 17.8 Å². The summed E-state index contributed by atoms with van der Waals surface area (Å²) in [5, 5.41) is 3.22. The van der Waals surface area contributed by atoms with E-state index in [2.05, 4.69) is 17.7 Å². The number of Topliss-reactive ketones (excluding diaryl/α,β-unsaturated/α-hetero) is 1. The number of imidazole rings is 1. The smallest absolute Gasteiger partial charge is 0.381 e. The lowest BCUT2D eigenvalue weighted by Gasteiger charge is -2.27. The number of rotatable bonds is 6. The number of carbonyl (C=O) groups is 2. The Hall–Kier alpha value is -3.08. The summed E-state index contributed by atoms with van der Waals surface area (Å²) in [6.07, 6.45) is 4.55. The maximum atomic E-state index is 13.9. The second-order valence-electron chi connectivity index (χ2n) is 10.6. The van der Waals surface area contributed by atoms with E-state index in [1.54, 1.807) is 6.07 Å². The van der Waals surface area contributed by atoms with E-state index >= 15 is 0 Å². The minimum Gasteiger partial charge on any atom is -0.381 e. The predicted molar refractivity (Wildman–Crippen MR) is 140 cm³/mol. The van der Waals surface area contributed by atoms with Crippen molar-refractivity contribution in [2.24, 2.45) is 17.8 Å². The van der Waals surface area contributed by atoms with E-state index in [-0.39, 0.29) is 11.7 Å². The average molecular weight is 539 g/mol. The summed E-state index contributed by atoms with van der Waals surface area (Å²) < 4.78 is 7.56. The summed E-state index contributed by atoms with van der Waals surface area (Å²) >= 11 is 6.38.